The molecule has 2 aromatic rings. The van der Waals surface area contributed by atoms with E-state index in [0.29, 0.717) is 18.7 Å². The molecule has 1 aliphatic rings. The molecule has 1 fully saturated rings. The summed E-state index contributed by atoms with van der Waals surface area (Å²) in [6.45, 7) is 3.52. The third-order valence-corrected chi connectivity index (χ3v) is 4.66. The summed E-state index contributed by atoms with van der Waals surface area (Å²) >= 11 is 0. The van der Waals surface area contributed by atoms with E-state index < -0.39 is 0 Å². The van der Waals surface area contributed by atoms with Crippen LogP contribution in [0.1, 0.15) is 42.4 Å². The van der Waals surface area contributed by atoms with E-state index in [-0.39, 0.29) is 24.4 Å². The summed E-state index contributed by atoms with van der Waals surface area (Å²) in [6, 6.07) is 3.51. The zero-order valence-corrected chi connectivity index (χ0v) is 15.1. The second-order valence-electron chi connectivity index (χ2n) is 6.58. The van der Waals surface area contributed by atoms with E-state index in [4.69, 9.17) is 0 Å². The van der Waals surface area contributed by atoms with Crippen molar-refractivity contribution in [3.8, 4) is 0 Å². The van der Waals surface area contributed by atoms with E-state index >= 15 is 0 Å². The minimum absolute atomic E-state index is 0.0258. The van der Waals surface area contributed by atoms with Gasteiger partial charge in [-0.15, -0.1) is 0 Å². The Morgan fingerprint density at radius 3 is 2.96 bits per heavy atom. The molecule has 26 heavy (non-hydrogen) atoms. The number of hydrogen-bond donors (Lipinski definition) is 1. The summed E-state index contributed by atoms with van der Waals surface area (Å²) in [6.07, 6.45) is 10.4. The lowest BCUT2D eigenvalue weighted by atomic mass is 10.1. The Hall–Kier alpha value is -2.70. The van der Waals surface area contributed by atoms with Crippen molar-refractivity contribution in [1.29, 1.82) is 0 Å². The molecule has 1 N–H and O–H groups in total. The molecule has 7 heteroatoms. The molecule has 138 valence electrons. The molecule has 0 spiro atoms. The van der Waals surface area contributed by atoms with Crippen molar-refractivity contribution in [1.82, 2.24) is 24.8 Å². The van der Waals surface area contributed by atoms with E-state index in [2.05, 4.69) is 15.3 Å². The molecule has 2 amide bonds. The molecule has 0 unspecified atom stereocenters. The minimum Gasteiger partial charge on any atom is -0.350 e. The van der Waals surface area contributed by atoms with Gasteiger partial charge in [0.25, 0.3) is 5.91 Å². The molecule has 7 nitrogen and oxygen atoms in total. The highest BCUT2D eigenvalue weighted by Crippen LogP contribution is 2.14. The van der Waals surface area contributed by atoms with Gasteiger partial charge in [-0.25, -0.2) is 4.98 Å². The maximum absolute atomic E-state index is 12.7. The molecule has 0 bridgehead atoms. The molecule has 2 aromatic heterocycles. The maximum Gasteiger partial charge on any atom is 0.255 e. The zero-order chi connectivity index (χ0) is 18.4. The number of likely N-dealkylation sites (tertiary alicyclic amines) is 1. The van der Waals surface area contributed by atoms with Crippen LogP contribution in [-0.2, 0) is 17.8 Å². The Kier molecular flexibility index (Phi) is 5.99. The average molecular weight is 355 g/mol. The highest BCUT2D eigenvalue weighted by atomic mass is 16.2. The third-order valence-electron chi connectivity index (χ3n) is 4.66. The van der Waals surface area contributed by atoms with Crippen molar-refractivity contribution in [3.63, 3.8) is 0 Å². The standard InChI is InChI=1S/C19H25N5O2/c1-2-17-21-9-11-23(17)14-18(25)22-16-7-3-4-10-24(13-16)19(26)15-6-5-8-20-12-15/h5-6,8-9,11-12,16H,2-4,7,10,13-14H2,1H3,(H,22,25)/t16-/m1/s1. The van der Waals surface area contributed by atoms with Crippen LogP contribution in [-0.4, -0.2) is 50.4 Å². The Morgan fingerprint density at radius 2 is 2.19 bits per heavy atom. The van der Waals surface area contributed by atoms with Crippen molar-refractivity contribution in [2.75, 3.05) is 13.1 Å². The zero-order valence-electron chi connectivity index (χ0n) is 15.1. The molecule has 3 rings (SSSR count). The van der Waals surface area contributed by atoms with Gasteiger partial charge < -0.3 is 14.8 Å². The normalized spacial score (nSPS) is 17.6. The molecular weight excluding hydrogens is 330 g/mol. The number of carbonyl (C=O) groups is 2. The number of aromatic nitrogens is 3. The summed E-state index contributed by atoms with van der Waals surface area (Å²) in [5.74, 6) is 0.829. The first-order valence-corrected chi connectivity index (χ1v) is 9.16. The number of imidazole rings is 1. The van der Waals surface area contributed by atoms with Gasteiger partial charge in [0.1, 0.15) is 12.4 Å². The Morgan fingerprint density at radius 1 is 1.31 bits per heavy atom. The fourth-order valence-corrected chi connectivity index (χ4v) is 3.34. The van der Waals surface area contributed by atoms with Crippen LogP contribution in [0, 0.1) is 0 Å². The molecule has 0 aromatic carbocycles. The van der Waals surface area contributed by atoms with Crippen LogP contribution in [0.2, 0.25) is 0 Å². The number of pyridine rings is 1. The van der Waals surface area contributed by atoms with E-state index in [1.54, 1.807) is 30.7 Å². The lowest BCUT2D eigenvalue weighted by Crippen LogP contribution is -2.45. The van der Waals surface area contributed by atoms with Crippen molar-refractivity contribution in [3.05, 3.63) is 48.3 Å². The Bertz CT molecular complexity index is 743. The van der Waals surface area contributed by atoms with Crippen molar-refractivity contribution in [2.45, 2.75) is 45.2 Å². The first kappa shape index (κ1) is 18.1. The second kappa shape index (κ2) is 8.60. The van der Waals surface area contributed by atoms with Crippen molar-refractivity contribution >= 4 is 11.8 Å². The summed E-state index contributed by atoms with van der Waals surface area (Å²) < 4.78 is 1.87. The van der Waals surface area contributed by atoms with Gasteiger partial charge in [-0.05, 0) is 31.4 Å². The van der Waals surface area contributed by atoms with Gasteiger partial charge in [0.2, 0.25) is 5.91 Å². The highest BCUT2D eigenvalue weighted by molar-refractivity contribution is 5.94. The lowest BCUT2D eigenvalue weighted by molar-refractivity contribution is -0.122. The van der Waals surface area contributed by atoms with Crippen LogP contribution < -0.4 is 5.32 Å². The predicted octanol–water partition coefficient (Wildman–Crippen LogP) is 1.65. The number of nitrogens with zero attached hydrogens (tertiary/aromatic N) is 4. The average Bonchev–Trinajstić information content (AvgIpc) is 2.97. The van der Waals surface area contributed by atoms with E-state index in [0.717, 1.165) is 31.5 Å². The van der Waals surface area contributed by atoms with Gasteiger partial charge in [-0.2, -0.15) is 0 Å². The monoisotopic (exact) mass is 355 g/mol. The van der Waals surface area contributed by atoms with Crippen LogP contribution in [0.4, 0.5) is 0 Å². The van der Waals surface area contributed by atoms with Crippen LogP contribution in [0.15, 0.2) is 36.9 Å². The smallest absolute Gasteiger partial charge is 0.255 e. The van der Waals surface area contributed by atoms with Gasteiger partial charge in [0.05, 0.1) is 5.56 Å². The fourth-order valence-electron chi connectivity index (χ4n) is 3.34. The van der Waals surface area contributed by atoms with Crippen molar-refractivity contribution < 1.29 is 9.59 Å². The Labute approximate surface area is 153 Å². The largest absolute Gasteiger partial charge is 0.350 e. The number of hydrogen-bond acceptors (Lipinski definition) is 4. The number of rotatable bonds is 5. The Balaban J connectivity index is 1.60. The molecule has 0 saturated carbocycles. The molecule has 3 heterocycles. The van der Waals surface area contributed by atoms with Crippen LogP contribution in [0.5, 0.6) is 0 Å². The van der Waals surface area contributed by atoms with E-state index in [9.17, 15) is 9.59 Å². The van der Waals surface area contributed by atoms with Gasteiger partial charge in [-0.3, -0.25) is 14.6 Å². The van der Waals surface area contributed by atoms with E-state index in [1.165, 1.54) is 0 Å². The molecule has 1 atom stereocenters. The molecule has 1 saturated heterocycles. The fraction of sp³-hybridized carbons (Fsp3) is 0.474. The van der Waals surface area contributed by atoms with Crippen molar-refractivity contribution in [2.24, 2.45) is 0 Å². The van der Waals surface area contributed by atoms with Gasteiger partial charge in [0, 0.05) is 50.3 Å². The molecule has 0 radical (unpaired) electrons. The minimum atomic E-state index is -0.0432. The summed E-state index contributed by atoms with van der Waals surface area (Å²) in [5, 5.41) is 3.09. The van der Waals surface area contributed by atoms with Gasteiger partial charge >= 0.3 is 0 Å². The summed E-state index contributed by atoms with van der Waals surface area (Å²) in [7, 11) is 0. The topological polar surface area (TPSA) is 80.1 Å². The van der Waals surface area contributed by atoms with Gasteiger partial charge in [-0.1, -0.05) is 6.92 Å². The number of nitrogens with one attached hydrogen (secondary N) is 1. The predicted molar refractivity (Wildman–Crippen MR) is 97.5 cm³/mol. The lowest BCUT2D eigenvalue weighted by Gasteiger charge is -2.25. The van der Waals surface area contributed by atoms with Crippen LogP contribution in [0.3, 0.4) is 0 Å². The van der Waals surface area contributed by atoms with E-state index in [1.807, 2.05) is 22.6 Å². The first-order chi connectivity index (χ1) is 12.7. The molecular formula is C19H25N5O2. The number of aryl methyl sites for hydroxylation is 1. The van der Waals surface area contributed by atoms with Crippen LogP contribution in [0.25, 0.3) is 0 Å². The summed E-state index contributed by atoms with van der Waals surface area (Å²) in [5.41, 5.74) is 0.588. The molecule has 0 aliphatic carbocycles. The summed E-state index contributed by atoms with van der Waals surface area (Å²) in [4.78, 5) is 35.2. The van der Waals surface area contributed by atoms with Gasteiger partial charge in [0.15, 0.2) is 0 Å². The number of amides is 2. The number of carbonyl (C=O) groups excluding carboxylic acids is 2. The van der Waals surface area contributed by atoms with Crippen LogP contribution >= 0.6 is 0 Å². The molecule has 1 aliphatic heterocycles. The maximum atomic E-state index is 12.7. The first-order valence-electron chi connectivity index (χ1n) is 9.16. The highest BCUT2D eigenvalue weighted by Gasteiger charge is 2.24. The quantitative estimate of drug-likeness (QED) is 0.884. The second-order valence-corrected chi connectivity index (χ2v) is 6.58. The third kappa shape index (κ3) is 4.47. The SMILES string of the molecule is CCc1nccn1CC(=O)N[C@@H]1CCCCN(C(=O)c2cccnc2)C1.